The van der Waals surface area contributed by atoms with Crippen molar-refractivity contribution in [1.82, 2.24) is 0 Å². The Morgan fingerprint density at radius 2 is 1.02 bits per heavy atom. The monoisotopic (exact) mass is 811 g/mol. The van der Waals surface area contributed by atoms with Crippen molar-refractivity contribution in [2.75, 3.05) is 4.90 Å². The maximum absolute atomic E-state index is 7.03. The van der Waals surface area contributed by atoms with Crippen LogP contribution < -0.4 is 4.90 Å². The van der Waals surface area contributed by atoms with Crippen LogP contribution in [-0.2, 0) is 27.1 Å². The lowest BCUT2D eigenvalue weighted by atomic mass is 9.79. The highest BCUT2D eigenvalue weighted by Crippen LogP contribution is 2.55. The lowest BCUT2D eigenvalue weighted by molar-refractivity contribution is 0.569. The van der Waals surface area contributed by atoms with Crippen molar-refractivity contribution < 1.29 is 4.42 Å². The zero-order valence-corrected chi connectivity index (χ0v) is 39.1. The van der Waals surface area contributed by atoms with Gasteiger partial charge in [0.15, 0.2) is 5.58 Å². The Hall–Kier alpha value is -5.86. The van der Waals surface area contributed by atoms with Gasteiger partial charge in [-0.2, -0.15) is 0 Å². The summed E-state index contributed by atoms with van der Waals surface area (Å²) in [4.78, 5) is 2.46. The minimum atomic E-state index is -0.173. The fourth-order valence-electron chi connectivity index (χ4n) is 10.6. The van der Waals surface area contributed by atoms with E-state index in [1.807, 2.05) is 0 Å². The summed E-state index contributed by atoms with van der Waals surface area (Å²) in [6, 6.07) is 50.7. The number of hydrogen-bond acceptors (Lipinski definition) is 2. The maximum atomic E-state index is 7.03. The molecule has 312 valence electrons. The third-order valence-electron chi connectivity index (χ3n) is 14.3. The van der Waals surface area contributed by atoms with E-state index < -0.39 is 0 Å². The highest BCUT2D eigenvalue weighted by Gasteiger charge is 2.40. The number of para-hydroxylation sites is 1. The molecule has 0 atom stereocenters. The fourth-order valence-corrected chi connectivity index (χ4v) is 10.6. The third kappa shape index (κ3) is 6.11. The molecular weight excluding hydrogens is 751 g/mol. The first-order valence-electron chi connectivity index (χ1n) is 22.6. The number of fused-ring (bicyclic) bond motifs is 9. The van der Waals surface area contributed by atoms with E-state index in [1.165, 1.54) is 72.3 Å². The molecule has 0 saturated heterocycles. The molecule has 62 heavy (non-hydrogen) atoms. The van der Waals surface area contributed by atoms with Gasteiger partial charge in [0.05, 0.1) is 5.69 Å². The molecule has 0 spiro atoms. The van der Waals surface area contributed by atoms with Crippen LogP contribution in [0.25, 0.3) is 55.3 Å². The van der Waals surface area contributed by atoms with Gasteiger partial charge in [0.2, 0.25) is 0 Å². The van der Waals surface area contributed by atoms with E-state index in [-0.39, 0.29) is 27.1 Å². The van der Waals surface area contributed by atoms with Gasteiger partial charge in [-0.3, -0.25) is 0 Å². The predicted octanol–water partition coefficient (Wildman–Crippen LogP) is 17.2. The molecular formula is C60H61NO. The van der Waals surface area contributed by atoms with Crippen LogP contribution in [-0.4, -0.2) is 0 Å². The van der Waals surface area contributed by atoms with Crippen LogP contribution >= 0.6 is 0 Å². The molecule has 0 aliphatic heterocycles. The topological polar surface area (TPSA) is 16.4 Å². The predicted molar refractivity (Wildman–Crippen MR) is 265 cm³/mol. The van der Waals surface area contributed by atoms with Crippen molar-refractivity contribution in [1.29, 1.82) is 0 Å². The molecule has 10 rings (SSSR count). The van der Waals surface area contributed by atoms with E-state index in [9.17, 15) is 0 Å². The van der Waals surface area contributed by atoms with E-state index in [2.05, 4.69) is 228 Å². The molecule has 2 aliphatic rings. The normalized spacial score (nSPS) is 15.1. The Labute approximate surface area is 369 Å². The average molecular weight is 812 g/mol. The smallest absolute Gasteiger partial charge is 0.159 e. The molecule has 2 nitrogen and oxygen atoms in total. The Kier molecular flexibility index (Phi) is 8.64. The molecule has 0 N–H and O–H groups in total. The molecule has 7 aromatic carbocycles. The van der Waals surface area contributed by atoms with Gasteiger partial charge in [0, 0.05) is 33.0 Å². The third-order valence-corrected chi connectivity index (χ3v) is 14.3. The Morgan fingerprint density at radius 3 is 1.68 bits per heavy atom. The first kappa shape index (κ1) is 40.2. The summed E-state index contributed by atoms with van der Waals surface area (Å²) >= 11 is 0. The lowest BCUT2D eigenvalue weighted by Crippen LogP contribution is -2.18. The summed E-state index contributed by atoms with van der Waals surface area (Å²) in [7, 11) is 0. The molecule has 2 aliphatic carbocycles. The Morgan fingerprint density at radius 1 is 0.435 bits per heavy atom. The van der Waals surface area contributed by atoms with E-state index >= 15 is 0 Å². The molecule has 0 fully saturated rings. The summed E-state index contributed by atoms with van der Waals surface area (Å²) in [6.07, 6.45) is 0. The van der Waals surface area contributed by atoms with Crippen molar-refractivity contribution in [3.8, 4) is 33.4 Å². The van der Waals surface area contributed by atoms with Crippen LogP contribution in [0.15, 0.2) is 138 Å². The summed E-state index contributed by atoms with van der Waals surface area (Å²) in [5.41, 5.74) is 22.2. The van der Waals surface area contributed by atoms with Gasteiger partial charge in [-0.05, 0) is 131 Å². The van der Waals surface area contributed by atoms with Crippen LogP contribution in [0.4, 0.5) is 17.1 Å². The first-order chi connectivity index (χ1) is 29.1. The molecule has 0 amide bonds. The van der Waals surface area contributed by atoms with Crippen molar-refractivity contribution in [2.45, 2.75) is 117 Å². The molecule has 0 bridgehead atoms. The van der Waals surface area contributed by atoms with Gasteiger partial charge < -0.3 is 9.32 Å². The molecule has 1 heterocycles. The number of furan rings is 1. The van der Waals surface area contributed by atoms with E-state index in [0.717, 1.165) is 39.0 Å². The van der Waals surface area contributed by atoms with Crippen LogP contribution in [0, 0.1) is 0 Å². The van der Waals surface area contributed by atoms with E-state index in [1.54, 1.807) is 0 Å². The standard InChI is InChI=1S/C60H61NO/c1-56(2,3)38-30-37(31-39(33-38)57(4,5)6)36-24-29-53-46(32-36)44-19-16-23-52(55(44)62-53)61(40-25-27-43-42-18-14-15-20-47(42)59(10,11)50(43)34-40)41-26-28-45-51(35-41)60(12,13)49-22-17-21-48(54(45)49)58(7,8)9/h14-35H,1-13H3. The van der Waals surface area contributed by atoms with Gasteiger partial charge in [0.25, 0.3) is 0 Å². The maximum Gasteiger partial charge on any atom is 0.159 e. The number of benzene rings is 7. The van der Waals surface area contributed by atoms with Crippen molar-refractivity contribution in [2.24, 2.45) is 0 Å². The van der Waals surface area contributed by atoms with Gasteiger partial charge in [-0.1, -0.05) is 181 Å². The minimum Gasteiger partial charge on any atom is -0.454 e. The van der Waals surface area contributed by atoms with Crippen LogP contribution in [0.5, 0.6) is 0 Å². The van der Waals surface area contributed by atoms with Gasteiger partial charge >= 0.3 is 0 Å². The largest absolute Gasteiger partial charge is 0.454 e. The minimum absolute atomic E-state index is 0.0175. The van der Waals surface area contributed by atoms with Crippen LogP contribution in [0.1, 0.15) is 129 Å². The molecule has 0 unspecified atom stereocenters. The number of rotatable bonds is 4. The number of hydrogen-bond donors (Lipinski definition) is 0. The quantitative estimate of drug-likeness (QED) is 0.176. The SMILES string of the molecule is CC(C)(C)c1cc(-c2ccc3oc4c(N(c5ccc6c(c5)C(C)(C)c5ccccc5-6)c5ccc6c(c5)C(C)(C)c5cccc(C(C)(C)C)c5-6)cccc4c3c2)cc(C(C)(C)C)c1. The van der Waals surface area contributed by atoms with Crippen LogP contribution in [0.2, 0.25) is 0 Å². The second-order valence-electron chi connectivity index (χ2n) is 22.3. The molecule has 0 saturated carbocycles. The fraction of sp³-hybridized carbons (Fsp3) is 0.300. The lowest BCUT2D eigenvalue weighted by Gasteiger charge is -2.29. The molecule has 8 aromatic rings. The Balaban J connectivity index is 1.19. The highest BCUT2D eigenvalue weighted by molar-refractivity contribution is 6.11. The van der Waals surface area contributed by atoms with Gasteiger partial charge in [0.1, 0.15) is 5.58 Å². The first-order valence-corrected chi connectivity index (χ1v) is 22.6. The molecule has 2 heteroatoms. The van der Waals surface area contributed by atoms with Gasteiger partial charge in [-0.15, -0.1) is 0 Å². The molecule has 1 aromatic heterocycles. The average Bonchev–Trinajstić information content (AvgIpc) is 3.79. The van der Waals surface area contributed by atoms with Crippen LogP contribution in [0.3, 0.4) is 0 Å². The zero-order valence-electron chi connectivity index (χ0n) is 39.1. The number of nitrogens with zero attached hydrogens (tertiary/aromatic N) is 1. The highest BCUT2D eigenvalue weighted by atomic mass is 16.3. The van der Waals surface area contributed by atoms with E-state index in [0.29, 0.717) is 0 Å². The Bertz CT molecular complexity index is 3100. The van der Waals surface area contributed by atoms with Gasteiger partial charge in [-0.25, -0.2) is 0 Å². The molecule has 0 radical (unpaired) electrons. The zero-order chi connectivity index (χ0) is 43.9. The summed E-state index contributed by atoms with van der Waals surface area (Å²) in [5, 5.41) is 2.24. The summed E-state index contributed by atoms with van der Waals surface area (Å²) < 4.78 is 7.03. The summed E-state index contributed by atoms with van der Waals surface area (Å²) in [6.45, 7) is 30.4. The second-order valence-corrected chi connectivity index (χ2v) is 22.3. The summed E-state index contributed by atoms with van der Waals surface area (Å²) in [5.74, 6) is 0. The van der Waals surface area contributed by atoms with Crippen molar-refractivity contribution in [3.05, 3.63) is 172 Å². The number of anilines is 3. The van der Waals surface area contributed by atoms with Crippen molar-refractivity contribution in [3.63, 3.8) is 0 Å². The second kappa shape index (κ2) is 13.3. The van der Waals surface area contributed by atoms with Crippen molar-refractivity contribution >= 4 is 39.0 Å². The van der Waals surface area contributed by atoms with E-state index in [4.69, 9.17) is 4.42 Å².